The normalized spacial score (nSPS) is 18.1. The van der Waals surface area contributed by atoms with Gasteiger partial charge in [-0.25, -0.2) is 32.1 Å². The van der Waals surface area contributed by atoms with E-state index in [2.05, 4.69) is 77.3 Å². The number of fused-ring (bicyclic) bond motifs is 2. The van der Waals surface area contributed by atoms with Crippen molar-refractivity contribution < 1.29 is 36.7 Å². The van der Waals surface area contributed by atoms with Crippen molar-refractivity contribution in [3.8, 4) is 34.4 Å². The van der Waals surface area contributed by atoms with Crippen molar-refractivity contribution >= 4 is 43.5 Å². The Hall–Kier alpha value is -5.42. The van der Waals surface area contributed by atoms with E-state index in [1.165, 1.54) is 34.9 Å². The second kappa shape index (κ2) is 13.5. The molecule has 2 saturated heterocycles. The smallest absolute Gasteiger partial charge is 0.375 e. The van der Waals surface area contributed by atoms with Crippen molar-refractivity contribution in [1.82, 2.24) is 40.1 Å². The van der Waals surface area contributed by atoms with E-state index in [9.17, 15) is 28.5 Å². The molecule has 23 heteroatoms. The molecule has 2 aliphatic heterocycles. The highest BCUT2D eigenvalue weighted by Crippen LogP contribution is 2.35. The van der Waals surface area contributed by atoms with Crippen LogP contribution in [0.3, 0.4) is 0 Å². The monoisotopic (exact) mass is 822 g/mol. The van der Waals surface area contributed by atoms with E-state index in [4.69, 9.17) is 13.9 Å². The fourth-order valence-corrected chi connectivity index (χ4v) is 6.28. The Morgan fingerprint density at radius 3 is 1.84 bits per heavy atom. The summed E-state index contributed by atoms with van der Waals surface area (Å²) in [6.07, 6.45) is 4.35. The van der Waals surface area contributed by atoms with Crippen LogP contribution in [0, 0.1) is 21.7 Å². The standard InChI is InChI=1S/C17H15BrFN5O4.C10H3BrFN5O5/c18-12-7-9(1-4-13(12)19)24-16(23-27-17(24)25)14-15(22-28-21-14)20-8-5-10-2-3-11(6-8)26-10;11-5-3-4(1-2-6(5)12)16-8(14-21-10(16)18)7-9(17(19)20)15-22-13-7/h1,4,7-8,10-11H,2-3,5-6H2,(H,20,22);1-3H. The van der Waals surface area contributed by atoms with Gasteiger partial charge in [-0.3, -0.25) is 9.05 Å². The molecule has 6 aromatic rings. The first kappa shape index (κ1) is 33.1. The van der Waals surface area contributed by atoms with Crippen molar-refractivity contribution in [2.24, 2.45) is 0 Å². The van der Waals surface area contributed by atoms with Gasteiger partial charge in [-0.1, -0.05) is 10.3 Å². The van der Waals surface area contributed by atoms with Crippen LogP contribution in [0.25, 0.3) is 34.4 Å². The van der Waals surface area contributed by atoms with E-state index in [-0.39, 0.29) is 50.2 Å². The maximum atomic E-state index is 13.6. The summed E-state index contributed by atoms with van der Waals surface area (Å²) in [5.41, 5.74) is 0.376. The third kappa shape index (κ3) is 6.36. The Labute approximate surface area is 291 Å². The first-order valence-electron chi connectivity index (χ1n) is 14.4. The lowest BCUT2D eigenvalue weighted by Crippen LogP contribution is -2.34. The van der Waals surface area contributed by atoms with Crippen LogP contribution in [0.2, 0.25) is 0 Å². The Morgan fingerprint density at radius 1 is 0.780 bits per heavy atom. The summed E-state index contributed by atoms with van der Waals surface area (Å²) < 4.78 is 53.6. The topological polar surface area (TPSA) is 238 Å². The van der Waals surface area contributed by atoms with Gasteiger partial charge >= 0.3 is 17.3 Å². The second-order valence-corrected chi connectivity index (χ2v) is 12.5. The molecule has 2 bridgehead atoms. The van der Waals surface area contributed by atoms with Gasteiger partial charge in [0.25, 0.3) is 5.69 Å². The number of nitro groups is 1. The van der Waals surface area contributed by atoms with E-state index < -0.39 is 39.6 Å². The fourth-order valence-electron chi connectivity index (χ4n) is 5.55. The molecule has 50 heavy (non-hydrogen) atoms. The second-order valence-electron chi connectivity index (χ2n) is 10.8. The first-order chi connectivity index (χ1) is 24.1. The van der Waals surface area contributed by atoms with Crippen molar-refractivity contribution in [3.05, 3.63) is 88.2 Å². The quantitative estimate of drug-likeness (QED) is 0.171. The van der Waals surface area contributed by atoms with Gasteiger partial charge < -0.3 is 20.2 Å². The van der Waals surface area contributed by atoms with E-state index in [1.54, 1.807) is 0 Å². The minimum atomic E-state index is -0.939. The fraction of sp³-hybridized carbons (Fsp3) is 0.259. The molecule has 0 aliphatic carbocycles. The average Bonchev–Trinajstić information content (AvgIpc) is 3.93. The minimum absolute atomic E-state index is 0.0804. The minimum Gasteiger partial charge on any atom is -0.375 e. The van der Waals surface area contributed by atoms with Crippen LogP contribution in [-0.2, 0) is 4.74 Å². The van der Waals surface area contributed by atoms with Crippen LogP contribution < -0.4 is 16.8 Å². The van der Waals surface area contributed by atoms with Gasteiger partial charge in [-0.2, -0.15) is 0 Å². The number of ether oxygens (including phenoxy) is 1. The molecule has 0 amide bonds. The molecule has 2 aliphatic rings. The van der Waals surface area contributed by atoms with Gasteiger partial charge in [0.2, 0.25) is 17.5 Å². The Balaban J connectivity index is 0.000000162. The highest BCUT2D eigenvalue weighted by Gasteiger charge is 2.36. The summed E-state index contributed by atoms with van der Waals surface area (Å²) in [6, 6.07) is 7.92. The predicted molar refractivity (Wildman–Crippen MR) is 167 cm³/mol. The number of rotatable bonds is 7. The van der Waals surface area contributed by atoms with Crippen LogP contribution in [0.4, 0.5) is 20.4 Å². The molecule has 8 rings (SSSR count). The van der Waals surface area contributed by atoms with E-state index in [0.29, 0.717) is 11.5 Å². The van der Waals surface area contributed by atoms with Crippen molar-refractivity contribution in [2.75, 3.05) is 5.32 Å². The van der Waals surface area contributed by atoms with Gasteiger partial charge in [0, 0.05) is 6.04 Å². The molecule has 4 aromatic heterocycles. The molecule has 2 aromatic carbocycles. The predicted octanol–water partition coefficient (Wildman–Crippen LogP) is 4.58. The Bertz CT molecular complexity index is 2320. The molecule has 0 radical (unpaired) electrons. The number of nitrogens with one attached hydrogen (secondary N) is 1. The van der Waals surface area contributed by atoms with Gasteiger partial charge in [0.1, 0.15) is 11.6 Å². The summed E-state index contributed by atoms with van der Waals surface area (Å²) in [7, 11) is 0. The molecule has 0 spiro atoms. The Morgan fingerprint density at radius 2 is 1.30 bits per heavy atom. The molecule has 2 atom stereocenters. The largest absolute Gasteiger partial charge is 0.446 e. The van der Waals surface area contributed by atoms with E-state index in [0.717, 1.165) is 36.3 Å². The summed E-state index contributed by atoms with van der Waals surface area (Å²) >= 11 is 6.09. The SMILES string of the molecule is O=c1onc(-c2nonc2NC2CC3CCC(C2)O3)n1-c1ccc(F)c(Br)c1.O=c1onc(-c2nonc2[N+](=O)[O-])n1-c1ccc(F)c(Br)c1. The van der Waals surface area contributed by atoms with Crippen molar-refractivity contribution in [3.63, 3.8) is 0 Å². The van der Waals surface area contributed by atoms with Crippen LogP contribution in [0.1, 0.15) is 25.7 Å². The Kier molecular flexibility index (Phi) is 8.92. The molecule has 2 unspecified atom stereocenters. The molecule has 0 saturated carbocycles. The summed E-state index contributed by atoms with van der Waals surface area (Å²) in [5, 5.41) is 35.7. The summed E-state index contributed by atoms with van der Waals surface area (Å²) in [5.74, 6) is -3.22. The molecule has 2 fully saturated rings. The number of hydrogen-bond donors (Lipinski definition) is 1. The number of halogens is 4. The molecule has 6 heterocycles. The lowest BCUT2D eigenvalue weighted by molar-refractivity contribution is -0.390. The molecular formula is C27H18Br2F2N10O9. The molecule has 258 valence electrons. The van der Waals surface area contributed by atoms with Crippen LogP contribution in [0.15, 0.2) is 73.2 Å². The number of benzene rings is 2. The highest BCUT2D eigenvalue weighted by molar-refractivity contribution is 9.10. The zero-order valence-electron chi connectivity index (χ0n) is 24.7. The summed E-state index contributed by atoms with van der Waals surface area (Å²) in [6.45, 7) is 0. The average molecular weight is 824 g/mol. The maximum absolute atomic E-state index is 13.6. The third-order valence-corrected chi connectivity index (χ3v) is 8.93. The van der Waals surface area contributed by atoms with Gasteiger partial charge in [0.15, 0.2) is 10.9 Å². The van der Waals surface area contributed by atoms with Gasteiger partial charge in [-0.15, -0.1) is 4.63 Å². The number of aromatic nitrogens is 8. The third-order valence-electron chi connectivity index (χ3n) is 7.72. The zero-order chi connectivity index (χ0) is 35.1. The van der Waals surface area contributed by atoms with E-state index in [1.807, 2.05) is 0 Å². The van der Waals surface area contributed by atoms with Crippen molar-refractivity contribution in [1.29, 1.82) is 0 Å². The van der Waals surface area contributed by atoms with Crippen molar-refractivity contribution in [2.45, 2.75) is 43.9 Å². The number of anilines is 1. The number of hydrogen-bond acceptors (Lipinski definition) is 16. The first-order valence-corrected chi connectivity index (χ1v) is 16.0. The molecular weight excluding hydrogens is 806 g/mol. The molecule has 19 nitrogen and oxygen atoms in total. The summed E-state index contributed by atoms with van der Waals surface area (Å²) in [4.78, 5) is 34.0. The van der Waals surface area contributed by atoms with Gasteiger partial charge in [0.05, 0.1) is 32.5 Å². The van der Waals surface area contributed by atoms with Crippen LogP contribution >= 0.6 is 31.9 Å². The highest BCUT2D eigenvalue weighted by atomic mass is 79.9. The lowest BCUT2D eigenvalue weighted by Gasteiger charge is -2.28. The maximum Gasteiger partial charge on any atom is 0.446 e. The number of nitrogens with zero attached hydrogens (tertiary/aromatic N) is 9. The zero-order valence-corrected chi connectivity index (χ0v) is 27.9. The van der Waals surface area contributed by atoms with E-state index >= 15 is 0 Å². The van der Waals surface area contributed by atoms with Crippen LogP contribution in [0.5, 0.6) is 0 Å². The van der Waals surface area contributed by atoms with Crippen LogP contribution in [-0.4, -0.2) is 63.2 Å². The lowest BCUT2D eigenvalue weighted by atomic mass is 10.0. The molecule has 1 N–H and O–H groups in total. The van der Waals surface area contributed by atoms with Gasteiger partial charge in [-0.05, 0) is 114 Å².